The van der Waals surface area contributed by atoms with E-state index in [2.05, 4.69) is 25.3 Å². The average Bonchev–Trinajstić information content (AvgIpc) is 2.32. The molecule has 86 valence electrons. The largest absolute Gasteiger partial charge is 0.493 e. The van der Waals surface area contributed by atoms with E-state index in [1.165, 1.54) is 5.56 Å². The summed E-state index contributed by atoms with van der Waals surface area (Å²) in [5.74, 6) is 1.01. The van der Waals surface area contributed by atoms with Crippen LogP contribution in [-0.2, 0) is 6.42 Å². The summed E-state index contributed by atoms with van der Waals surface area (Å²) in [5.41, 5.74) is 1.29. The van der Waals surface area contributed by atoms with Crippen LogP contribution in [0.5, 0.6) is 5.75 Å². The molecular weight excluding hydrogens is 196 g/mol. The maximum Gasteiger partial charge on any atom is 0.122 e. The van der Waals surface area contributed by atoms with Crippen LogP contribution in [0.3, 0.4) is 0 Å². The van der Waals surface area contributed by atoms with Gasteiger partial charge in [-0.25, -0.2) is 0 Å². The maximum absolute atomic E-state index is 5.71. The molecule has 0 unspecified atom stereocenters. The van der Waals surface area contributed by atoms with Crippen LogP contribution in [0.1, 0.15) is 24.8 Å². The molecule has 0 heterocycles. The quantitative estimate of drug-likeness (QED) is 0.468. The predicted molar refractivity (Wildman–Crippen MR) is 69.9 cm³/mol. The third-order valence-corrected chi connectivity index (χ3v) is 2.41. The Morgan fingerprint density at radius 1 is 1.06 bits per heavy atom. The van der Waals surface area contributed by atoms with Crippen molar-refractivity contribution in [3.63, 3.8) is 0 Å². The number of ether oxygens (including phenoxy) is 1. The van der Waals surface area contributed by atoms with Gasteiger partial charge in [0.15, 0.2) is 0 Å². The Kier molecular flexibility index (Phi) is 6.09. The summed E-state index contributed by atoms with van der Waals surface area (Å²) >= 11 is 0. The molecule has 0 fully saturated rings. The Morgan fingerprint density at radius 2 is 1.81 bits per heavy atom. The molecule has 0 aliphatic rings. The molecule has 0 spiro atoms. The first kappa shape index (κ1) is 12.6. The molecule has 0 aliphatic heterocycles. The van der Waals surface area contributed by atoms with E-state index in [1.54, 1.807) is 0 Å². The molecule has 0 atom stereocenters. The van der Waals surface area contributed by atoms with E-state index in [0.717, 1.165) is 31.4 Å². The Hall–Kier alpha value is -1.50. The summed E-state index contributed by atoms with van der Waals surface area (Å²) in [6, 6.07) is 8.24. The second kappa shape index (κ2) is 7.75. The molecule has 1 aromatic carbocycles. The number of hydrogen-bond donors (Lipinski definition) is 0. The van der Waals surface area contributed by atoms with E-state index < -0.39 is 0 Å². The lowest BCUT2D eigenvalue weighted by Crippen LogP contribution is -1.99. The fraction of sp³-hybridized carbons (Fsp3) is 0.333. The van der Waals surface area contributed by atoms with E-state index in [-0.39, 0.29) is 0 Å². The van der Waals surface area contributed by atoms with Gasteiger partial charge < -0.3 is 4.74 Å². The molecule has 0 bridgehead atoms. The fourth-order valence-corrected chi connectivity index (χ4v) is 1.54. The summed E-state index contributed by atoms with van der Waals surface area (Å²) in [4.78, 5) is 0. The first-order valence-corrected chi connectivity index (χ1v) is 5.81. The van der Waals surface area contributed by atoms with Crippen LogP contribution in [0.15, 0.2) is 49.6 Å². The average molecular weight is 216 g/mol. The molecule has 1 nitrogen and oxygen atoms in total. The van der Waals surface area contributed by atoms with Gasteiger partial charge in [-0.05, 0) is 37.3 Å². The molecule has 1 aromatic rings. The number of rotatable bonds is 8. The molecule has 0 aliphatic carbocycles. The lowest BCUT2D eigenvalue weighted by Gasteiger charge is -2.10. The molecule has 0 amide bonds. The zero-order valence-corrected chi connectivity index (χ0v) is 9.82. The van der Waals surface area contributed by atoms with Crippen molar-refractivity contribution in [1.82, 2.24) is 0 Å². The highest BCUT2D eigenvalue weighted by molar-refractivity contribution is 5.33. The third-order valence-electron chi connectivity index (χ3n) is 2.41. The Balaban J connectivity index is 2.52. The molecule has 0 saturated heterocycles. The molecule has 16 heavy (non-hydrogen) atoms. The molecule has 1 heteroatoms. The minimum atomic E-state index is 0.710. The minimum Gasteiger partial charge on any atom is -0.493 e. The summed E-state index contributed by atoms with van der Waals surface area (Å²) in [6.45, 7) is 8.13. The normalized spacial score (nSPS) is 9.75. The fourth-order valence-electron chi connectivity index (χ4n) is 1.54. The Morgan fingerprint density at radius 3 is 2.56 bits per heavy atom. The van der Waals surface area contributed by atoms with Gasteiger partial charge in [-0.2, -0.15) is 0 Å². The highest BCUT2D eigenvalue weighted by Gasteiger charge is 2.01. The van der Waals surface area contributed by atoms with Gasteiger partial charge in [0.25, 0.3) is 0 Å². The molecule has 0 N–H and O–H groups in total. The van der Waals surface area contributed by atoms with Gasteiger partial charge in [0.2, 0.25) is 0 Å². The van der Waals surface area contributed by atoms with Gasteiger partial charge in [0.05, 0.1) is 6.61 Å². The molecule has 0 saturated carbocycles. The van der Waals surface area contributed by atoms with Crippen LogP contribution >= 0.6 is 0 Å². The van der Waals surface area contributed by atoms with Crippen molar-refractivity contribution >= 4 is 0 Å². The summed E-state index contributed by atoms with van der Waals surface area (Å²) in [7, 11) is 0. The smallest absolute Gasteiger partial charge is 0.122 e. The number of allylic oxidation sites excluding steroid dienone is 1. The van der Waals surface area contributed by atoms with Crippen molar-refractivity contribution in [2.24, 2.45) is 0 Å². The Labute approximate surface area is 98.5 Å². The van der Waals surface area contributed by atoms with Crippen molar-refractivity contribution in [3.05, 3.63) is 55.1 Å². The van der Waals surface area contributed by atoms with Gasteiger partial charge in [0.1, 0.15) is 5.75 Å². The van der Waals surface area contributed by atoms with E-state index in [4.69, 9.17) is 4.74 Å². The zero-order valence-electron chi connectivity index (χ0n) is 9.82. The molecule has 1 rings (SSSR count). The number of hydrogen-bond acceptors (Lipinski definition) is 1. The van der Waals surface area contributed by atoms with Crippen LogP contribution in [-0.4, -0.2) is 6.61 Å². The highest BCUT2D eigenvalue weighted by atomic mass is 16.5. The number of benzene rings is 1. The van der Waals surface area contributed by atoms with E-state index >= 15 is 0 Å². The van der Waals surface area contributed by atoms with E-state index in [0.29, 0.717) is 6.61 Å². The van der Waals surface area contributed by atoms with Crippen molar-refractivity contribution in [3.8, 4) is 5.75 Å². The van der Waals surface area contributed by atoms with Gasteiger partial charge in [0, 0.05) is 0 Å². The van der Waals surface area contributed by atoms with Crippen LogP contribution < -0.4 is 4.74 Å². The predicted octanol–water partition coefficient (Wildman–Crippen LogP) is 4.15. The summed E-state index contributed by atoms with van der Waals surface area (Å²) in [5, 5.41) is 0. The van der Waals surface area contributed by atoms with Crippen LogP contribution in [0.25, 0.3) is 0 Å². The summed E-state index contributed by atoms with van der Waals surface area (Å²) in [6.07, 6.45) is 7.96. The highest BCUT2D eigenvalue weighted by Crippen LogP contribution is 2.20. The molecule has 0 aromatic heterocycles. The van der Waals surface area contributed by atoms with Crippen molar-refractivity contribution in [2.75, 3.05) is 6.61 Å². The van der Waals surface area contributed by atoms with Gasteiger partial charge >= 0.3 is 0 Å². The summed E-state index contributed by atoms with van der Waals surface area (Å²) < 4.78 is 5.71. The van der Waals surface area contributed by atoms with Crippen LogP contribution in [0.4, 0.5) is 0 Å². The topological polar surface area (TPSA) is 9.23 Å². The Bertz CT molecular complexity index is 295. The number of para-hydroxylation sites is 1. The van der Waals surface area contributed by atoms with Crippen molar-refractivity contribution < 1.29 is 4.74 Å². The maximum atomic E-state index is 5.71. The second-order valence-electron chi connectivity index (χ2n) is 3.71. The van der Waals surface area contributed by atoms with Crippen LogP contribution in [0.2, 0.25) is 0 Å². The van der Waals surface area contributed by atoms with Crippen molar-refractivity contribution in [1.29, 1.82) is 0 Å². The van der Waals surface area contributed by atoms with Gasteiger partial charge in [-0.3, -0.25) is 0 Å². The first-order valence-electron chi connectivity index (χ1n) is 5.81. The zero-order chi connectivity index (χ0) is 11.6. The molecule has 0 radical (unpaired) electrons. The van der Waals surface area contributed by atoms with Crippen LogP contribution in [0, 0.1) is 0 Å². The SMILES string of the molecule is C=CCCCc1ccccc1OCCC=C. The monoisotopic (exact) mass is 216 g/mol. The van der Waals surface area contributed by atoms with Gasteiger partial charge in [-0.15, -0.1) is 13.2 Å². The lowest BCUT2D eigenvalue weighted by molar-refractivity contribution is 0.321. The lowest BCUT2D eigenvalue weighted by atomic mass is 10.1. The number of unbranched alkanes of at least 4 members (excludes halogenated alkanes) is 1. The third kappa shape index (κ3) is 4.35. The van der Waals surface area contributed by atoms with E-state index in [1.807, 2.05) is 24.3 Å². The molecular formula is C15H20O. The first-order chi connectivity index (χ1) is 7.88. The van der Waals surface area contributed by atoms with Crippen molar-refractivity contribution in [2.45, 2.75) is 25.7 Å². The van der Waals surface area contributed by atoms with Gasteiger partial charge in [-0.1, -0.05) is 30.4 Å². The second-order valence-corrected chi connectivity index (χ2v) is 3.71. The van der Waals surface area contributed by atoms with E-state index in [9.17, 15) is 0 Å². The standard InChI is InChI=1S/C15H20O/c1-3-5-7-10-14-11-8-9-12-15(14)16-13-6-4-2/h3-4,8-9,11-12H,1-2,5-7,10,13H2. The minimum absolute atomic E-state index is 0.710. The number of aryl methyl sites for hydroxylation is 1.